The van der Waals surface area contributed by atoms with E-state index in [1.54, 1.807) is 0 Å². The summed E-state index contributed by atoms with van der Waals surface area (Å²) in [4.78, 5) is 11.2. The molecule has 0 saturated heterocycles. The summed E-state index contributed by atoms with van der Waals surface area (Å²) < 4.78 is 228. The van der Waals surface area contributed by atoms with Gasteiger partial charge >= 0.3 is 53.6 Å². The molecule has 0 aliphatic heterocycles. The van der Waals surface area contributed by atoms with Crippen molar-refractivity contribution in [2.75, 3.05) is 0 Å². The van der Waals surface area contributed by atoms with Crippen LogP contribution in [-0.4, -0.2) is 59.7 Å². The second-order valence-corrected chi connectivity index (χ2v) is 6.65. The topological polar surface area (TPSA) is 26.3 Å². The smallest absolute Gasteiger partial charge is 0.452 e. The van der Waals surface area contributed by atoms with Crippen LogP contribution in [0.25, 0.3) is 0 Å². The van der Waals surface area contributed by atoms with Crippen LogP contribution in [-0.2, 0) is 9.53 Å². The first-order chi connectivity index (χ1) is 14.5. The minimum atomic E-state index is -8.71. The third-order valence-corrected chi connectivity index (χ3v) is 4.12. The molecule has 19 heteroatoms. The van der Waals surface area contributed by atoms with Gasteiger partial charge in [-0.1, -0.05) is 13.5 Å². The molecule has 0 aromatic carbocycles. The number of carbonyl (C=O) groups excluding carboxylic acids is 1. The summed E-state index contributed by atoms with van der Waals surface area (Å²) in [5.41, 5.74) is -0.866. The molecule has 0 spiro atoms. The fourth-order valence-corrected chi connectivity index (χ4v) is 2.02. The van der Waals surface area contributed by atoms with Crippen LogP contribution in [0.4, 0.5) is 74.6 Å². The first-order valence-electron chi connectivity index (χ1n) is 8.11. The summed E-state index contributed by atoms with van der Waals surface area (Å²) in [6.07, 6.45) is -13.3. The first-order valence-corrected chi connectivity index (χ1v) is 8.11. The second kappa shape index (κ2) is 8.60. The van der Waals surface area contributed by atoms with Gasteiger partial charge in [0.2, 0.25) is 0 Å². The van der Waals surface area contributed by atoms with E-state index in [1.165, 1.54) is 0 Å². The number of alkyl halides is 17. The van der Waals surface area contributed by atoms with E-state index in [1.807, 2.05) is 0 Å². The maximum Gasteiger partial charge on any atom is 0.460 e. The van der Waals surface area contributed by atoms with E-state index in [0.717, 1.165) is 0 Å². The number of ether oxygens (including phenoxy) is 1. The Labute approximate surface area is 177 Å². The largest absolute Gasteiger partial charge is 0.460 e. The number of rotatable bonds is 10. The lowest BCUT2D eigenvalue weighted by Gasteiger charge is -2.43. The van der Waals surface area contributed by atoms with Crippen LogP contribution in [0, 0.1) is 0 Å². The zero-order chi connectivity index (χ0) is 28.1. The Morgan fingerprint density at radius 2 is 0.941 bits per heavy atom. The molecule has 0 rings (SSSR count). The number of hydrogen-bond donors (Lipinski definition) is 0. The highest BCUT2D eigenvalue weighted by Crippen LogP contribution is 2.64. The molecular formula is C15H11F17O2. The number of hydrogen-bond acceptors (Lipinski definition) is 2. The van der Waals surface area contributed by atoms with Crippen LogP contribution < -0.4 is 0 Å². The van der Waals surface area contributed by atoms with Gasteiger partial charge in [0.05, 0.1) is 0 Å². The molecule has 0 saturated carbocycles. The van der Waals surface area contributed by atoms with Gasteiger partial charge < -0.3 is 4.74 Å². The molecule has 0 N–H and O–H groups in total. The van der Waals surface area contributed by atoms with Crippen molar-refractivity contribution in [3.8, 4) is 0 Å². The summed E-state index contributed by atoms with van der Waals surface area (Å²) in [5, 5.41) is 0. The third kappa shape index (κ3) is 4.26. The highest BCUT2D eigenvalue weighted by molar-refractivity contribution is 5.87. The van der Waals surface area contributed by atoms with E-state index in [9.17, 15) is 79.4 Å². The molecule has 34 heavy (non-hydrogen) atoms. The molecule has 0 radical (unpaired) electrons. The van der Waals surface area contributed by atoms with E-state index in [-0.39, 0.29) is 0 Å². The molecule has 0 heterocycles. The Kier molecular flexibility index (Phi) is 8.10. The lowest BCUT2D eigenvalue weighted by molar-refractivity contribution is -0.464. The quantitative estimate of drug-likeness (QED) is 0.170. The Balaban J connectivity index is 6.81. The summed E-state index contributed by atoms with van der Waals surface area (Å²) in [5.74, 6) is -59.4. The van der Waals surface area contributed by atoms with Gasteiger partial charge in [0.15, 0.2) is 6.10 Å². The SMILES string of the molecule is C=C(C)C(=O)OC(CC)C(F)(F)C(F)(F)C(F)(F)C(F)(F)C(F)(F)C(F)(F)C(F)(F)C(F)(F)F. The van der Waals surface area contributed by atoms with E-state index < -0.39 is 71.7 Å². The van der Waals surface area contributed by atoms with Crippen LogP contribution in [0.5, 0.6) is 0 Å². The van der Waals surface area contributed by atoms with Crippen LogP contribution >= 0.6 is 0 Å². The standard InChI is InChI=1S/C15H11F17O2/c1-4-6(34-7(33)5(2)3)8(16,17)9(18,19)10(20,21)11(22,23)12(24,25)13(26,27)14(28,29)15(30,31)32/h6H,2,4H2,1,3H3. The lowest BCUT2D eigenvalue weighted by atomic mass is 9.87. The lowest BCUT2D eigenvalue weighted by Crippen LogP contribution is -2.75. The van der Waals surface area contributed by atoms with Crippen molar-refractivity contribution in [2.45, 2.75) is 74.0 Å². The summed E-state index contributed by atoms with van der Waals surface area (Å²) in [6.45, 7) is 3.81. The highest BCUT2D eigenvalue weighted by Gasteiger charge is 2.95. The Morgan fingerprint density at radius 1 is 0.647 bits per heavy atom. The maximum absolute atomic E-state index is 14.0. The fraction of sp³-hybridized carbons (Fsp3) is 0.800. The molecule has 0 fully saturated rings. The average molecular weight is 546 g/mol. The van der Waals surface area contributed by atoms with Crippen molar-refractivity contribution in [1.29, 1.82) is 0 Å². The normalized spacial score (nSPS) is 16.3. The maximum atomic E-state index is 14.0. The molecule has 1 unspecified atom stereocenters. The molecule has 0 aromatic rings. The molecule has 0 aliphatic rings. The summed E-state index contributed by atoms with van der Waals surface area (Å²) in [6, 6.07) is 0. The van der Waals surface area contributed by atoms with Gasteiger partial charge in [0.1, 0.15) is 0 Å². The van der Waals surface area contributed by atoms with Crippen LogP contribution in [0.1, 0.15) is 20.3 Å². The van der Waals surface area contributed by atoms with Crippen molar-refractivity contribution in [3.63, 3.8) is 0 Å². The van der Waals surface area contributed by atoms with Gasteiger partial charge in [-0.15, -0.1) is 0 Å². The van der Waals surface area contributed by atoms with E-state index in [4.69, 9.17) is 0 Å². The fourth-order valence-electron chi connectivity index (χ4n) is 2.02. The molecule has 0 bridgehead atoms. The monoisotopic (exact) mass is 546 g/mol. The number of halogens is 17. The second-order valence-electron chi connectivity index (χ2n) is 6.65. The number of esters is 1. The highest BCUT2D eigenvalue weighted by atomic mass is 19.4. The van der Waals surface area contributed by atoms with E-state index in [0.29, 0.717) is 13.8 Å². The predicted molar refractivity (Wildman–Crippen MR) is 75.7 cm³/mol. The third-order valence-electron chi connectivity index (χ3n) is 4.12. The minimum absolute atomic E-state index is 0.378. The minimum Gasteiger partial charge on any atom is -0.452 e. The summed E-state index contributed by atoms with van der Waals surface area (Å²) in [7, 11) is 0. The molecule has 0 aromatic heterocycles. The van der Waals surface area contributed by atoms with Gasteiger partial charge in [0.25, 0.3) is 0 Å². The molecule has 2 nitrogen and oxygen atoms in total. The molecule has 1 atom stereocenters. The van der Waals surface area contributed by atoms with Crippen molar-refractivity contribution >= 4 is 5.97 Å². The van der Waals surface area contributed by atoms with Gasteiger partial charge in [-0.3, -0.25) is 0 Å². The Morgan fingerprint density at radius 3 is 1.21 bits per heavy atom. The summed E-state index contributed by atoms with van der Waals surface area (Å²) >= 11 is 0. The Bertz CT molecular complexity index is 780. The van der Waals surface area contributed by atoms with E-state index in [2.05, 4.69) is 11.3 Å². The average Bonchev–Trinajstić information content (AvgIpc) is 2.63. The van der Waals surface area contributed by atoms with Crippen LogP contribution in [0.15, 0.2) is 12.2 Å². The van der Waals surface area contributed by atoms with Crippen molar-refractivity contribution in [3.05, 3.63) is 12.2 Å². The Hall–Kier alpha value is -1.98. The molecule has 0 aliphatic carbocycles. The van der Waals surface area contributed by atoms with Gasteiger partial charge in [0, 0.05) is 5.57 Å². The molecular weight excluding hydrogens is 535 g/mol. The van der Waals surface area contributed by atoms with Crippen LogP contribution in [0.2, 0.25) is 0 Å². The van der Waals surface area contributed by atoms with E-state index >= 15 is 0 Å². The van der Waals surface area contributed by atoms with Crippen molar-refractivity contribution in [2.24, 2.45) is 0 Å². The van der Waals surface area contributed by atoms with Gasteiger partial charge in [-0.05, 0) is 13.3 Å². The molecule has 202 valence electrons. The molecule has 0 amide bonds. The zero-order valence-corrected chi connectivity index (χ0v) is 16.2. The van der Waals surface area contributed by atoms with Gasteiger partial charge in [-0.2, -0.15) is 74.6 Å². The first kappa shape index (κ1) is 32.0. The van der Waals surface area contributed by atoms with Crippen molar-refractivity contribution < 1.29 is 84.2 Å². The van der Waals surface area contributed by atoms with Crippen molar-refractivity contribution in [1.82, 2.24) is 0 Å². The van der Waals surface area contributed by atoms with Gasteiger partial charge in [-0.25, -0.2) is 4.79 Å². The van der Waals surface area contributed by atoms with Crippen LogP contribution in [0.3, 0.4) is 0 Å². The number of carbonyl (C=O) groups is 1. The zero-order valence-electron chi connectivity index (χ0n) is 16.2. The predicted octanol–water partition coefficient (Wildman–Crippen LogP) is 6.89.